The van der Waals surface area contributed by atoms with Gasteiger partial charge in [0.25, 0.3) is 0 Å². The molecule has 0 aliphatic heterocycles. The van der Waals surface area contributed by atoms with E-state index < -0.39 is 0 Å². The molecule has 0 spiro atoms. The average molecular weight is 268 g/mol. The third kappa shape index (κ3) is 3.76. The van der Waals surface area contributed by atoms with E-state index in [1.54, 1.807) is 0 Å². The average Bonchev–Trinajstić information content (AvgIpc) is 3.01. The van der Waals surface area contributed by atoms with Gasteiger partial charge < -0.3 is 5.73 Å². The van der Waals surface area contributed by atoms with E-state index in [2.05, 4.69) is 29.3 Å². The molecule has 1 saturated carbocycles. The Morgan fingerprint density at radius 1 is 1.65 bits per heavy atom. The summed E-state index contributed by atoms with van der Waals surface area (Å²) in [4.78, 5) is 4.69. The van der Waals surface area contributed by atoms with Gasteiger partial charge in [0, 0.05) is 29.9 Å². The van der Waals surface area contributed by atoms with Crippen LogP contribution in [0.4, 0.5) is 0 Å². The van der Waals surface area contributed by atoms with Crippen molar-refractivity contribution in [3.63, 3.8) is 0 Å². The molecule has 0 aromatic carbocycles. The Hall–Kier alpha value is -0.450. The zero-order valence-electron chi connectivity index (χ0n) is 10.3. The second-order valence-electron chi connectivity index (χ2n) is 4.72. The fourth-order valence-corrected chi connectivity index (χ4v) is 3.18. The van der Waals surface area contributed by atoms with Crippen LogP contribution < -0.4 is 5.73 Å². The van der Waals surface area contributed by atoms with Crippen molar-refractivity contribution in [1.29, 1.82) is 0 Å². The molecule has 0 saturated heterocycles. The van der Waals surface area contributed by atoms with Gasteiger partial charge >= 0.3 is 0 Å². The van der Waals surface area contributed by atoms with Gasteiger partial charge in [0.05, 0.1) is 4.99 Å². The lowest BCUT2D eigenvalue weighted by Crippen LogP contribution is -2.38. The number of thiocarbonyl (C=S) groups is 1. The molecule has 1 aliphatic rings. The fourth-order valence-electron chi connectivity index (χ4n) is 2.27. The molecule has 1 heterocycles. The maximum atomic E-state index is 5.71. The van der Waals surface area contributed by atoms with Crippen LogP contribution in [0.15, 0.2) is 17.5 Å². The van der Waals surface area contributed by atoms with Gasteiger partial charge in [-0.2, -0.15) is 0 Å². The number of hydrogen-bond acceptors (Lipinski definition) is 3. The van der Waals surface area contributed by atoms with Crippen LogP contribution in [-0.4, -0.2) is 22.0 Å². The second kappa shape index (κ2) is 5.94. The molecule has 0 radical (unpaired) electrons. The Balaban J connectivity index is 2.02. The molecule has 1 aliphatic carbocycles. The van der Waals surface area contributed by atoms with Gasteiger partial charge in [0.2, 0.25) is 0 Å². The third-order valence-corrected chi connectivity index (χ3v) is 4.34. The van der Waals surface area contributed by atoms with E-state index in [4.69, 9.17) is 18.0 Å². The maximum absolute atomic E-state index is 5.71. The van der Waals surface area contributed by atoms with Gasteiger partial charge in [0.1, 0.15) is 0 Å². The lowest BCUT2D eigenvalue weighted by Gasteiger charge is -2.30. The van der Waals surface area contributed by atoms with Crippen LogP contribution in [0.2, 0.25) is 0 Å². The third-order valence-electron chi connectivity index (χ3n) is 3.31. The zero-order valence-corrected chi connectivity index (χ0v) is 11.9. The molecule has 17 heavy (non-hydrogen) atoms. The van der Waals surface area contributed by atoms with E-state index in [-0.39, 0.29) is 0 Å². The number of hydrogen-bond donors (Lipinski definition) is 1. The first kappa shape index (κ1) is 13.0. The molecular formula is C13H20N2S2. The second-order valence-corrected chi connectivity index (χ2v) is 6.27. The van der Waals surface area contributed by atoms with Gasteiger partial charge in [-0.05, 0) is 30.7 Å². The molecule has 1 aromatic heterocycles. The van der Waals surface area contributed by atoms with Gasteiger partial charge in [-0.3, -0.25) is 4.90 Å². The number of rotatable bonds is 7. The summed E-state index contributed by atoms with van der Waals surface area (Å²) in [6, 6.07) is 5.62. The topological polar surface area (TPSA) is 29.3 Å². The van der Waals surface area contributed by atoms with Crippen molar-refractivity contribution < 1.29 is 0 Å². The largest absolute Gasteiger partial charge is 0.393 e. The van der Waals surface area contributed by atoms with E-state index >= 15 is 0 Å². The molecule has 0 bridgehead atoms. The van der Waals surface area contributed by atoms with Crippen molar-refractivity contribution in [2.24, 2.45) is 5.73 Å². The molecule has 2 nitrogen and oxygen atoms in total. The van der Waals surface area contributed by atoms with E-state index in [0.717, 1.165) is 25.4 Å². The number of thiophene rings is 1. The Morgan fingerprint density at radius 3 is 2.88 bits per heavy atom. The molecule has 94 valence electrons. The van der Waals surface area contributed by atoms with Crippen molar-refractivity contribution >= 4 is 28.5 Å². The monoisotopic (exact) mass is 268 g/mol. The summed E-state index contributed by atoms with van der Waals surface area (Å²) in [5.41, 5.74) is 5.71. The summed E-state index contributed by atoms with van der Waals surface area (Å²) < 4.78 is 0. The Bertz CT molecular complexity index is 358. The van der Waals surface area contributed by atoms with E-state index in [1.807, 2.05) is 11.3 Å². The Morgan fingerprint density at radius 2 is 2.41 bits per heavy atom. The molecule has 2 rings (SSSR count). The highest BCUT2D eigenvalue weighted by atomic mass is 32.1. The standard InChI is InChI=1S/C13H20N2S2/c1-2-10(8-13(14)16)15(11-5-6-11)9-12-4-3-7-17-12/h3-4,7,10-11H,2,5-6,8-9H2,1H3,(H2,14,16). The summed E-state index contributed by atoms with van der Waals surface area (Å²) in [6.07, 6.45) is 4.64. The predicted octanol–water partition coefficient (Wildman–Crippen LogP) is 3.17. The molecule has 1 fully saturated rings. The van der Waals surface area contributed by atoms with Crippen LogP contribution in [0.1, 0.15) is 37.5 Å². The minimum atomic E-state index is 0.516. The van der Waals surface area contributed by atoms with Crippen LogP contribution in [-0.2, 0) is 6.54 Å². The van der Waals surface area contributed by atoms with Crippen LogP contribution in [0.3, 0.4) is 0 Å². The molecule has 4 heteroatoms. The molecule has 1 aromatic rings. The maximum Gasteiger partial charge on any atom is 0.0743 e. The Labute approximate surface area is 113 Å². The van der Waals surface area contributed by atoms with Crippen LogP contribution in [0, 0.1) is 0 Å². The van der Waals surface area contributed by atoms with Crippen molar-refractivity contribution in [3.05, 3.63) is 22.4 Å². The van der Waals surface area contributed by atoms with E-state index in [1.165, 1.54) is 17.7 Å². The molecule has 1 atom stereocenters. The van der Waals surface area contributed by atoms with Crippen LogP contribution in [0.25, 0.3) is 0 Å². The normalized spacial score (nSPS) is 17.3. The number of nitrogens with two attached hydrogens (primary N) is 1. The summed E-state index contributed by atoms with van der Waals surface area (Å²) in [5, 5.41) is 2.15. The van der Waals surface area contributed by atoms with Crippen LogP contribution >= 0.6 is 23.6 Å². The lowest BCUT2D eigenvalue weighted by atomic mass is 10.1. The summed E-state index contributed by atoms with van der Waals surface area (Å²) in [5.74, 6) is 0. The molecule has 0 amide bonds. The van der Waals surface area contributed by atoms with Gasteiger partial charge in [0.15, 0.2) is 0 Å². The van der Waals surface area contributed by atoms with Crippen molar-refractivity contribution in [2.75, 3.05) is 0 Å². The highest BCUT2D eigenvalue weighted by Crippen LogP contribution is 2.32. The highest BCUT2D eigenvalue weighted by Gasteiger charge is 2.33. The van der Waals surface area contributed by atoms with E-state index in [9.17, 15) is 0 Å². The molecular weight excluding hydrogens is 248 g/mol. The van der Waals surface area contributed by atoms with Gasteiger partial charge in [-0.1, -0.05) is 25.2 Å². The zero-order chi connectivity index (χ0) is 12.3. The minimum Gasteiger partial charge on any atom is -0.393 e. The smallest absolute Gasteiger partial charge is 0.0743 e. The predicted molar refractivity (Wildman–Crippen MR) is 78.4 cm³/mol. The molecule has 2 N–H and O–H groups in total. The number of nitrogens with zero attached hydrogens (tertiary/aromatic N) is 1. The first-order valence-corrected chi connectivity index (χ1v) is 7.56. The first-order chi connectivity index (χ1) is 8.20. The summed E-state index contributed by atoms with van der Waals surface area (Å²) >= 11 is 6.90. The lowest BCUT2D eigenvalue weighted by molar-refractivity contribution is 0.178. The van der Waals surface area contributed by atoms with Crippen LogP contribution in [0.5, 0.6) is 0 Å². The van der Waals surface area contributed by atoms with Crippen molar-refractivity contribution in [2.45, 2.75) is 51.2 Å². The first-order valence-electron chi connectivity index (χ1n) is 6.27. The fraction of sp³-hybridized carbons (Fsp3) is 0.615. The van der Waals surface area contributed by atoms with Gasteiger partial charge in [-0.25, -0.2) is 0 Å². The molecule has 1 unspecified atom stereocenters. The summed E-state index contributed by atoms with van der Waals surface area (Å²) in [7, 11) is 0. The SMILES string of the molecule is CCC(CC(N)=S)N(Cc1cccs1)C1CC1. The van der Waals surface area contributed by atoms with Crippen molar-refractivity contribution in [3.8, 4) is 0 Å². The highest BCUT2D eigenvalue weighted by molar-refractivity contribution is 7.80. The minimum absolute atomic E-state index is 0.516. The van der Waals surface area contributed by atoms with Crippen molar-refractivity contribution in [1.82, 2.24) is 4.90 Å². The summed E-state index contributed by atoms with van der Waals surface area (Å²) in [6.45, 7) is 3.29. The quantitative estimate of drug-likeness (QED) is 0.770. The van der Waals surface area contributed by atoms with E-state index in [0.29, 0.717) is 11.0 Å². The Kier molecular flexibility index (Phi) is 4.54. The van der Waals surface area contributed by atoms with Gasteiger partial charge in [-0.15, -0.1) is 11.3 Å².